The van der Waals surface area contributed by atoms with E-state index in [0.717, 1.165) is 16.7 Å². The van der Waals surface area contributed by atoms with Crippen molar-refractivity contribution in [2.45, 2.75) is 48.8 Å². The number of carbonyl (C=O) groups excluding carboxylic acids is 2. The van der Waals surface area contributed by atoms with Gasteiger partial charge in [0.15, 0.2) is 4.87 Å². The number of likely N-dealkylation sites (tertiary alicyclic amines) is 1. The molecule has 188 valence electrons. The van der Waals surface area contributed by atoms with Gasteiger partial charge in [0.25, 0.3) is 0 Å². The van der Waals surface area contributed by atoms with Crippen LogP contribution in [-0.4, -0.2) is 41.1 Å². The molecule has 1 fully saturated rings. The fraction of sp³-hybridized carbons (Fsp3) is 0.333. The highest BCUT2D eigenvalue weighted by molar-refractivity contribution is 8.02. The van der Waals surface area contributed by atoms with Gasteiger partial charge in [-0.2, -0.15) is 0 Å². The zero-order chi connectivity index (χ0) is 25.8. The molecule has 6 heteroatoms. The molecule has 0 aliphatic carbocycles. The SMILES string of the molecule is COC(=O)C1(SC(c2ccccc2)(c2ccccc2)c2ccccc2)CCCN1C(=O)OC(C)(C)C. The van der Waals surface area contributed by atoms with Gasteiger partial charge < -0.3 is 9.47 Å². The van der Waals surface area contributed by atoms with Crippen LogP contribution >= 0.6 is 11.8 Å². The summed E-state index contributed by atoms with van der Waals surface area (Å²) < 4.78 is 10.4. The molecule has 0 bridgehead atoms. The number of rotatable bonds is 6. The zero-order valence-electron chi connectivity index (χ0n) is 21.3. The number of esters is 1. The number of ether oxygens (including phenoxy) is 2. The average molecular weight is 504 g/mol. The highest BCUT2D eigenvalue weighted by Crippen LogP contribution is 2.57. The summed E-state index contributed by atoms with van der Waals surface area (Å²) in [6, 6.07) is 30.4. The molecule has 4 rings (SSSR count). The maximum Gasteiger partial charge on any atom is 0.411 e. The Bertz CT molecular complexity index is 1080. The second-order valence-electron chi connectivity index (χ2n) is 9.89. The summed E-state index contributed by atoms with van der Waals surface area (Å²) in [5, 5.41) is 0. The molecule has 0 radical (unpaired) electrons. The van der Waals surface area contributed by atoms with E-state index in [-0.39, 0.29) is 0 Å². The van der Waals surface area contributed by atoms with Gasteiger partial charge in [-0.15, -0.1) is 11.8 Å². The van der Waals surface area contributed by atoms with Gasteiger partial charge >= 0.3 is 12.1 Å². The molecule has 1 amide bonds. The number of hydrogen-bond acceptors (Lipinski definition) is 5. The quantitative estimate of drug-likeness (QED) is 0.280. The molecule has 1 aliphatic rings. The van der Waals surface area contributed by atoms with E-state index >= 15 is 0 Å². The number of amides is 1. The Morgan fingerprint density at radius 1 is 0.806 bits per heavy atom. The number of nitrogens with zero attached hydrogens (tertiary/aromatic N) is 1. The lowest BCUT2D eigenvalue weighted by Crippen LogP contribution is -2.54. The second-order valence-corrected chi connectivity index (χ2v) is 11.4. The first kappa shape index (κ1) is 25.8. The summed E-state index contributed by atoms with van der Waals surface area (Å²) >= 11 is 1.45. The number of carbonyl (C=O) groups is 2. The van der Waals surface area contributed by atoms with Gasteiger partial charge in [-0.25, -0.2) is 9.59 Å². The molecule has 5 nitrogen and oxygen atoms in total. The summed E-state index contributed by atoms with van der Waals surface area (Å²) in [6.07, 6.45) is 0.606. The highest BCUT2D eigenvalue weighted by atomic mass is 32.2. The Labute approximate surface area is 217 Å². The van der Waals surface area contributed by atoms with E-state index in [1.807, 2.05) is 75.4 Å². The van der Waals surface area contributed by atoms with Crippen LogP contribution in [0.15, 0.2) is 91.0 Å². The monoisotopic (exact) mass is 503 g/mol. The van der Waals surface area contributed by atoms with Crippen molar-refractivity contribution >= 4 is 23.8 Å². The predicted molar refractivity (Wildman–Crippen MR) is 144 cm³/mol. The molecule has 0 N–H and O–H groups in total. The molecule has 0 saturated carbocycles. The first-order valence-electron chi connectivity index (χ1n) is 12.2. The topological polar surface area (TPSA) is 55.8 Å². The van der Waals surface area contributed by atoms with Gasteiger partial charge in [0.2, 0.25) is 0 Å². The Morgan fingerprint density at radius 3 is 1.64 bits per heavy atom. The van der Waals surface area contributed by atoms with Gasteiger partial charge in [0.05, 0.1) is 11.9 Å². The maximum atomic E-state index is 13.7. The van der Waals surface area contributed by atoms with E-state index in [2.05, 4.69) is 36.4 Å². The fourth-order valence-electron chi connectivity index (χ4n) is 4.82. The minimum absolute atomic E-state index is 0.408. The van der Waals surface area contributed by atoms with Crippen LogP contribution in [0.2, 0.25) is 0 Å². The van der Waals surface area contributed by atoms with Crippen LogP contribution in [0.4, 0.5) is 4.79 Å². The smallest absolute Gasteiger partial charge is 0.411 e. The van der Waals surface area contributed by atoms with Crippen molar-refractivity contribution < 1.29 is 19.1 Å². The minimum Gasteiger partial charge on any atom is -0.467 e. The van der Waals surface area contributed by atoms with E-state index < -0.39 is 27.3 Å². The molecular weight excluding hydrogens is 470 g/mol. The van der Waals surface area contributed by atoms with Gasteiger partial charge in [-0.1, -0.05) is 91.0 Å². The number of thioether (sulfide) groups is 1. The molecule has 1 saturated heterocycles. The van der Waals surface area contributed by atoms with Crippen LogP contribution in [0.1, 0.15) is 50.3 Å². The predicted octanol–water partition coefficient (Wildman–Crippen LogP) is 6.61. The van der Waals surface area contributed by atoms with E-state index in [4.69, 9.17) is 9.47 Å². The van der Waals surface area contributed by atoms with Crippen LogP contribution in [0.5, 0.6) is 0 Å². The van der Waals surface area contributed by atoms with E-state index in [0.29, 0.717) is 19.4 Å². The number of methoxy groups -OCH3 is 1. The largest absolute Gasteiger partial charge is 0.467 e. The molecule has 0 spiro atoms. The standard InChI is InChI=1S/C30H33NO4S/c1-28(2,3)35-27(33)31-22-14-21-29(31,26(32)34-4)36-30(23-15-8-5-9-16-23,24-17-10-6-11-18-24)25-19-12-7-13-20-25/h5-13,15-20H,14,21-22H2,1-4H3. The summed E-state index contributed by atoms with van der Waals surface area (Å²) in [4.78, 5) is 27.5. The molecule has 3 aromatic rings. The Hall–Kier alpha value is -3.25. The molecule has 36 heavy (non-hydrogen) atoms. The van der Waals surface area contributed by atoms with Crippen LogP contribution in [-0.2, 0) is 19.0 Å². The first-order valence-corrected chi connectivity index (χ1v) is 13.0. The summed E-state index contributed by atoms with van der Waals surface area (Å²) in [5.41, 5.74) is 2.33. The summed E-state index contributed by atoms with van der Waals surface area (Å²) in [5.74, 6) is -0.456. The zero-order valence-corrected chi connectivity index (χ0v) is 22.1. The van der Waals surface area contributed by atoms with Crippen molar-refractivity contribution in [3.8, 4) is 0 Å². The van der Waals surface area contributed by atoms with Crippen molar-refractivity contribution in [2.75, 3.05) is 13.7 Å². The molecule has 1 heterocycles. The normalized spacial score (nSPS) is 18.1. The van der Waals surface area contributed by atoms with Crippen molar-refractivity contribution in [1.82, 2.24) is 4.90 Å². The van der Waals surface area contributed by atoms with E-state index in [1.54, 1.807) is 4.90 Å². The second kappa shape index (κ2) is 10.4. The Morgan fingerprint density at radius 2 is 1.25 bits per heavy atom. The Kier molecular flexibility index (Phi) is 7.46. The van der Waals surface area contributed by atoms with Gasteiger partial charge in [-0.3, -0.25) is 4.90 Å². The third-order valence-corrected chi connectivity index (χ3v) is 8.26. The molecule has 0 aromatic heterocycles. The highest BCUT2D eigenvalue weighted by Gasteiger charge is 2.58. The summed E-state index contributed by atoms with van der Waals surface area (Å²) in [7, 11) is 1.38. The van der Waals surface area contributed by atoms with Gasteiger partial charge in [0.1, 0.15) is 5.60 Å². The summed E-state index contributed by atoms with van der Waals surface area (Å²) in [6.45, 7) is 5.90. The molecule has 1 aliphatic heterocycles. The minimum atomic E-state index is -1.28. The van der Waals surface area contributed by atoms with Gasteiger partial charge in [0, 0.05) is 6.54 Å². The Balaban J connectivity index is 1.98. The third kappa shape index (κ3) is 4.87. The lowest BCUT2D eigenvalue weighted by atomic mass is 9.84. The molecule has 1 atom stereocenters. The molecule has 3 aromatic carbocycles. The van der Waals surface area contributed by atoms with Crippen LogP contribution in [0, 0.1) is 0 Å². The van der Waals surface area contributed by atoms with Crippen molar-refractivity contribution in [1.29, 1.82) is 0 Å². The maximum absolute atomic E-state index is 13.7. The lowest BCUT2D eigenvalue weighted by molar-refractivity contribution is -0.147. The number of benzene rings is 3. The fourth-order valence-corrected chi connectivity index (χ4v) is 6.77. The average Bonchev–Trinajstić information content (AvgIpc) is 3.32. The van der Waals surface area contributed by atoms with E-state index in [9.17, 15) is 9.59 Å². The van der Waals surface area contributed by atoms with Crippen molar-refractivity contribution in [3.63, 3.8) is 0 Å². The number of hydrogen-bond donors (Lipinski definition) is 0. The first-order chi connectivity index (χ1) is 17.2. The van der Waals surface area contributed by atoms with Crippen LogP contribution in [0.25, 0.3) is 0 Å². The van der Waals surface area contributed by atoms with Crippen LogP contribution in [0.3, 0.4) is 0 Å². The van der Waals surface area contributed by atoms with Crippen molar-refractivity contribution in [2.24, 2.45) is 0 Å². The van der Waals surface area contributed by atoms with Crippen molar-refractivity contribution in [3.05, 3.63) is 108 Å². The molecule has 1 unspecified atom stereocenters. The van der Waals surface area contributed by atoms with Crippen LogP contribution < -0.4 is 0 Å². The van der Waals surface area contributed by atoms with E-state index in [1.165, 1.54) is 18.9 Å². The molecular formula is C30H33NO4S. The van der Waals surface area contributed by atoms with Gasteiger partial charge in [-0.05, 0) is 50.3 Å². The lowest BCUT2D eigenvalue weighted by Gasteiger charge is -2.44. The third-order valence-electron chi connectivity index (χ3n) is 6.31.